The largest absolute Gasteiger partial charge is 0.479 e. The quantitative estimate of drug-likeness (QED) is 0.831. The van der Waals surface area contributed by atoms with Gasteiger partial charge in [-0.3, -0.25) is 0 Å². The summed E-state index contributed by atoms with van der Waals surface area (Å²) in [5.74, 6) is -0.966. The third-order valence-electron chi connectivity index (χ3n) is 3.45. The van der Waals surface area contributed by atoms with Gasteiger partial charge in [0.15, 0.2) is 5.54 Å². The Labute approximate surface area is 133 Å². The van der Waals surface area contributed by atoms with Crippen LogP contribution in [0.5, 0.6) is 0 Å². The Kier molecular flexibility index (Phi) is 4.76. The average molecular weight is 324 g/mol. The average Bonchev–Trinajstić information content (AvgIpc) is 2.47. The van der Waals surface area contributed by atoms with Crippen LogP contribution in [0.3, 0.4) is 0 Å². The minimum atomic E-state index is -1.25. The van der Waals surface area contributed by atoms with Crippen molar-refractivity contribution in [3.8, 4) is 0 Å². The Balaban J connectivity index is 2.50. The van der Waals surface area contributed by atoms with Crippen LogP contribution in [0.15, 0.2) is 48.5 Å². The molecule has 1 unspecified atom stereocenters. The van der Waals surface area contributed by atoms with E-state index in [0.29, 0.717) is 27.7 Å². The molecular formula is C16H15Cl2NO2. The minimum absolute atomic E-state index is 0.356. The van der Waals surface area contributed by atoms with Gasteiger partial charge in [0.2, 0.25) is 0 Å². The van der Waals surface area contributed by atoms with Gasteiger partial charge >= 0.3 is 5.97 Å². The van der Waals surface area contributed by atoms with Gasteiger partial charge in [0.1, 0.15) is 0 Å². The molecule has 2 aromatic rings. The predicted molar refractivity (Wildman–Crippen MR) is 86.1 cm³/mol. The van der Waals surface area contributed by atoms with Crippen molar-refractivity contribution in [2.24, 2.45) is 0 Å². The summed E-state index contributed by atoms with van der Waals surface area (Å²) in [7, 11) is 0. The zero-order valence-corrected chi connectivity index (χ0v) is 12.9. The van der Waals surface area contributed by atoms with Gasteiger partial charge in [-0.15, -0.1) is 0 Å². The molecule has 0 spiro atoms. The van der Waals surface area contributed by atoms with Crippen molar-refractivity contribution in [1.82, 2.24) is 0 Å². The highest BCUT2D eigenvalue weighted by Crippen LogP contribution is 2.33. The fourth-order valence-corrected chi connectivity index (χ4v) is 2.53. The SMILES string of the molecule is CCC(Nc1ccccc1Cl)(C(=O)O)c1ccc(Cl)cc1. The molecule has 0 aromatic heterocycles. The highest BCUT2D eigenvalue weighted by Gasteiger charge is 2.39. The monoisotopic (exact) mass is 323 g/mol. The van der Waals surface area contributed by atoms with Crippen LogP contribution in [-0.2, 0) is 10.3 Å². The van der Waals surface area contributed by atoms with Gasteiger partial charge in [-0.2, -0.15) is 0 Å². The van der Waals surface area contributed by atoms with E-state index in [1.54, 1.807) is 48.5 Å². The molecule has 3 nitrogen and oxygen atoms in total. The molecule has 0 aliphatic carbocycles. The number of carbonyl (C=O) groups is 1. The van der Waals surface area contributed by atoms with Gasteiger partial charge in [0.05, 0.1) is 10.7 Å². The second-order valence-electron chi connectivity index (χ2n) is 4.68. The number of rotatable bonds is 5. The van der Waals surface area contributed by atoms with E-state index in [9.17, 15) is 9.90 Å². The number of nitrogens with one attached hydrogen (secondary N) is 1. The van der Waals surface area contributed by atoms with Gasteiger partial charge in [0.25, 0.3) is 0 Å². The molecule has 0 heterocycles. The fourth-order valence-electron chi connectivity index (χ4n) is 2.22. The lowest BCUT2D eigenvalue weighted by molar-refractivity contribution is -0.142. The first-order chi connectivity index (χ1) is 9.99. The standard InChI is InChI=1S/C16H15Cl2NO2/c1-2-16(15(20)21,11-7-9-12(17)10-8-11)19-14-6-4-3-5-13(14)18/h3-10,19H,2H2,1H3,(H,20,21). The zero-order valence-electron chi connectivity index (χ0n) is 11.4. The summed E-state index contributed by atoms with van der Waals surface area (Å²) >= 11 is 12.0. The normalized spacial score (nSPS) is 13.5. The fraction of sp³-hybridized carbons (Fsp3) is 0.188. The molecule has 110 valence electrons. The van der Waals surface area contributed by atoms with Crippen molar-refractivity contribution in [2.75, 3.05) is 5.32 Å². The van der Waals surface area contributed by atoms with Crippen molar-refractivity contribution in [3.63, 3.8) is 0 Å². The maximum Gasteiger partial charge on any atom is 0.334 e. The molecule has 0 aliphatic heterocycles. The lowest BCUT2D eigenvalue weighted by atomic mass is 9.87. The summed E-state index contributed by atoms with van der Waals surface area (Å²) in [4.78, 5) is 11.9. The summed E-state index contributed by atoms with van der Waals surface area (Å²) in [6.45, 7) is 1.81. The summed E-state index contributed by atoms with van der Waals surface area (Å²) in [6, 6.07) is 13.9. The molecule has 0 saturated heterocycles. The van der Waals surface area contributed by atoms with E-state index in [1.165, 1.54) is 0 Å². The first-order valence-electron chi connectivity index (χ1n) is 6.52. The summed E-state index contributed by atoms with van der Waals surface area (Å²) < 4.78 is 0. The van der Waals surface area contributed by atoms with E-state index >= 15 is 0 Å². The molecular weight excluding hydrogens is 309 g/mol. The minimum Gasteiger partial charge on any atom is -0.479 e. The predicted octanol–water partition coefficient (Wildman–Crippen LogP) is 4.80. The van der Waals surface area contributed by atoms with E-state index in [1.807, 2.05) is 6.92 Å². The van der Waals surface area contributed by atoms with Crippen LogP contribution < -0.4 is 5.32 Å². The molecule has 0 saturated carbocycles. The topological polar surface area (TPSA) is 49.3 Å². The summed E-state index contributed by atoms with van der Waals surface area (Å²) in [5, 5.41) is 13.9. The number of halogens is 2. The first-order valence-corrected chi connectivity index (χ1v) is 7.27. The van der Waals surface area contributed by atoms with Gasteiger partial charge < -0.3 is 10.4 Å². The highest BCUT2D eigenvalue weighted by molar-refractivity contribution is 6.33. The maximum atomic E-state index is 11.9. The van der Waals surface area contributed by atoms with Gasteiger partial charge in [-0.25, -0.2) is 4.79 Å². The molecule has 21 heavy (non-hydrogen) atoms. The molecule has 0 fully saturated rings. The van der Waals surface area contributed by atoms with Crippen molar-refractivity contribution in [1.29, 1.82) is 0 Å². The molecule has 0 aliphatic rings. The Morgan fingerprint density at radius 3 is 2.29 bits per heavy atom. The Hall–Kier alpha value is -1.71. The van der Waals surface area contributed by atoms with E-state index in [0.717, 1.165) is 0 Å². The molecule has 5 heteroatoms. The van der Waals surface area contributed by atoms with Crippen LogP contribution >= 0.6 is 23.2 Å². The van der Waals surface area contributed by atoms with E-state index in [4.69, 9.17) is 23.2 Å². The van der Waals surface area contributed by atoms with Crippen LogP contribution in [0.2, 0.25) is 10.0 Å². The Bertz CT molecular complexity index is 643. The summed E-state index contributed by atoms with van der Waals surface area (Å²) in [5.41, 5.74) is -0.0459. The van der Waals surface area contributed by atoms with Crippen molar-refractivity contribution in [2.45, 2.75) is 18.9 Å². The van der Waals surface area contributed by atoms with Crippen molar-refractivity contribution < 1.29 is 9.90 Å². The van der Waals surface area contributed by atoms with Crippen LogP contribution in [0.4, 0.5) is 5.69 Å². The van der Waals surface area contributed by atoms with Gasteiger partial charge in [-0.1, -0.05) is 54.4 Å². The number of para-hydroxylation sites is 1. The van der Waals surface area contributed by atoms with E-state index in [-0.39, 0.29) is 0 Å². The summed E-state index contributed by atoms with van der Waals surface area (Å²) in [6.07, 6.45) is 0.356. The van der Waals surface area contributed by atoms with Crippen LogP contribution in [-0.4, -0.2) is 11.1 Å². The molecule has 0 radical (unpaired) electrons. The van der Waals surface area contributed by atoms with Crippen molar-refractivity contribution in [3.05, 3.63) is 64.1 Å². The first kappa shape index (κ1) is 15.7. The molecule has 0 amide bonds. The lowest BCUT2D eigenvalue weighted by Gasteiger charge is -2.31. The third kappa shape index (κ3) is 3.14. The number of anilines is 1. The lowest BCUT2D eigenvalue weighted by Crippen LogP contribution is -2.43. The molecule has 0 bridgehead atoms. The van der Waals surface area contributed by atoms with Gasteiger partial charge in [0, 0.05) is 5.02 Å². The molecule has 2 N–H and O–H groups in total. The van der Waals surface area contributed by atoms with E-state index in [2.05, 4.69) is 5.32 Å². The van der Waals surface area contributed by atoms with Crippen LogP contribution in [0.1, 0.15) is 18.9 Å². The smallest absolute Gasteiger partial charge is 0.334 e. The molecule has 2 rings (SSSR count). The van der Waals surface area contributed by atoms with Crippen LogP contribution in [0.25, 0.3) is 0 Å². The second kappa shape index (κ2) is 6.37. The highest BCUT2D eigenvalue weighted by atomic mass is 35.5. The Morgan fingerprint density at radius 1 is 1.14 bits per heavy atom. The number of carboxylic acid groups (broad SMARTS) is 1. The van der Waals surface area contributed by atoms with E-state index < -0.39 is 11.5 Å². The number of hydrogen-bond donors (Lipinski definition) is 2. The third-order valence-corrected chi connectivity index (χ3v) is 4.04. The van der Waals surface area contributed by atoms with Crippen molar-refractivity contribution >= 4 is 34.9 Å². The number of benzene rings is 2. The zero-order chi connectivity index (χ0) is 15.5. The maximum absolute atomic E-state index is 11.9. The number of hydrogen-bond acceptors (Lipinski definition) is 2. The second-order valence-corrected chi connectivity index (χ2v) is 5.52. The van der Waals surface area contributed by atoms with Gasteiger partial charge in [-0.05, 0) is 36.2 Å². The molecule has 2 aromatic carbocycles. The number of aliphatic carboxylic acids is 1. The molecule has 1 atom stereocenters. The van der Waals surface area contributed by atoms with Crippen LogP contribution in [0, 0.1) is 0 Å². The Morgan fingerprint density at radius 2 is 1.76 bits per heavy atom. The number of carboxylic acids is 1.